The van der Waals surface area contributed by atoms with Crippen molar-refractivity contribution in [1.82, 2.24) is 14.9 Å². The van der Waals surface area contributed by atoms with Crippen LogP contribution in [0.1, 0.15) is 36.7 Å². The summed E-state index contributed by atoms with van der Waals surface area (Å²) in [5.74, 6) is -0.208. The molecule has 0 bridgehead atoms. The molecule has 174 valence electrons. The zero-order chi connectivity index (χ0) is 23.9. The highest BCUT2D eigenvalue weighted by Crippen LogP contribution is 2.36. The number of nitrogens with one attached hydrogen (secondary N) is 2. The summed E-state index contributed by atoms with van der Waals surface area (Å²) in [6.07, 6.45) is 0. The highest BCUT2D eigenvalue weighted by Gasteiger charge is 2.33. The number of para-hydroxylation sites is 2. The first-order chi connectivity index (χ1) is 15.6. The summed E-state index contributed by atoms with van der Waals surface area (Å²) in [5.41, 5.74) is 2.39. The van der Waals surface area contributed by atoms with Crippen molar-refractivity contribution in [3.05, 3.63) is 70.8 Å². The second-order valence-electron chi connectivity index (χ2n) is 9.24. The van der Waals surface area contributed by atoms with Gasteiger partial charge in [0.1, 0.15) is 11.6 Å². The molecule has 0 radical (unpaired) electrons. The molecule has 0 spiro atoms. The molecule has 7 nitrogen and oxygen atoms in total. The van der Waals surface area contributed by atoms with Gasteiger partial charge in [-0.15, -0.1) is 4.53 Å². The molecule has 2 aliphatic heterocycles. The fourth-order valence-corrected chi connectivity index (χ4v) is 4.01. The number of benzene rings is 2. The van der Waals surface area contributed by atoms with Crippen molar-refractivity contribution in [2.75, 3.05) is 30.4 Å². The first kappa shape index (κ1) is 23.1. The smallest absolute Gasteiger partial charge is 0.258 e. The predicted octanol–water partition coefficient (Wildman–Crippen LogP) is 4.09. The van der Waals surface area contributed by atoms with Crippen LogP contribution in [0.5, 0.6) is 0 Å². The van der Waals surface area contributed by atoms with Crippen LogP contribution in [-0.4, -0.2) is 41.5 Å². The quantitative estimate of drug-likeness (QED) is 0.660. The van der Waals surface area contributed by atoms with Crippen molar-refractivity contribution in [1.29, 1.82) is 0 Å². The Hall–Kier alpha value is -3.10. The number of rotatable bonds is 3. The zero-order valence-corrected chi connectivity index (χ0v) is 19.8. The second-order valence-corrected chi connectivity index (χ2v) is 9.63. The molecule has 0 fully saturated rings. The van der Waals surface area contributed by atoms with Gasteiger partial charge in [0, 0.05) is 47.5 Å². The van der Waals surface area contributed by atoms with Crippen molar-refractivity contribution < 1.29 is 14.0 Å². The Morgan fingerprint density at radius 3 is 2.58 bits per heavy atom. The average molecular weight is 472 g/mol. The van der Waals surface area contributed by atoms with Crippen LogP contribution < -0.4 is 15.5 Å². The van der Waals surface area contributed by atoms with Crippen molar-refractivity contribution in [3.8, 4) is 0 Å². The van der Waals surface area contributed by atoms with E-state index in [1.54, 1.807) is 42.8 Å². The lowest BCUT2D eigenvalue weighted by Gasteiger charge is -2.26. The summed E-state index contributed by atoms with van der Waals surface area (Å²) >= 11 is 6.27. The number of fused-ring (bicyclic) bond motifs is 1. The molecule has 2 aromatic rings. The van der Waals surface area contributed by atoms with Gasteiger partial charge >= 0.3 is 0 Å². The maximum absolute atomic E-state index is 14.8. The van der Waals surface area contributed by atoms with Gasteiger partial charge in [0.15, 0.2) is 0 Å². The minimum absolute atomic E-state index is 0.0566. The molecular weight excluding hydrogens is 445 g/mol. The monoisotopic (exact) mass is 471 g/mol. The number of hydrogen-bond donors (Lipinski definition) is 2. The lowest BCUT2D eigenvalue weighted by Crippen LogP contribution is -2.35. The summed E-state index contributed by atoms with van der Waals surface area (Å²) in [6, 6.07) is 11.8. The van der Waals surface area contributed by atoms with E-state index in [1.807, 2.05) is 31.3 Å². The Labute approximate surface area is 197 Å². The zero-order valence-electron chi connectivity index (χ0n) is 19.1. The number of hydrogen-bond acceptors (Lipinski definition) is 5. The summed E-state index contributed by atoms with van der Waals surface area (Å²) in [5, 5.41) is 7.90. The van der Waals surface area contributed by atoms with E-state index in [2.05, 4.69) is 10.6 Å². The lowest BCUT2D eigenvalue weighted by molar-refractivity contribution is -0.128. The van der Waals surface area contributed by atoms with E-state index in [-0.39, 0.29) is 23.9 Å². The molecule has 9 heteroatoms. The highest BCUT2D eigenvalue weighted by molar-refractivity contribution is 6.13. The Morgan fingerprint density at radius 1 is 1.15 bits per heavy atom. The third kappa shape index (κ3) is 4.54. The Morgan fingerprint density at radius 2 is 1.88 bits per heavy atom. The van der Waals surface area contributed by atoms with E-state index in [4.69, 9.17) is 11.8 Å². The van der Waals surface area contributed by atoms with Crippen molar-refractivity contribution >= 4 is 35.0 Å². The third-order valence-electron chi connectivity index (χ3n) is 5.77. The van der Waals surface area contributed by atoms with Gasteiger partial charge in [-0.25, -0.2) is 4.39 Å². The fourth-order valence-electron chi connectivity index (χ4n) is 3.79. The number of carbonyl (C=O) groups is 2. The SMILES string of the molecule is CN1C2=C(CN(C(=O)c3ccc(CNC(=O)C(C)(C)C)c(F)c3)c3ccccc3N2)CN1Cl. The van der Waals surface area contributed by atoms with Crippen LogP contribution in [0, 0.1) is 11.2 Å². The topological polar surface area (TPSA) is 67.9 Å². The van der Waals surface area contributed by atoms with E-state index in [0.717, 1.165) is 17.1 Å². The fraction of sp³-hybridized carbons (Fsp3) is 0.333. The van der Waals surface area contributed by atoms with E-state index >= 15 is 0 Å². The number of hydrazine groups is 1. The van der Waals surface area contributed by atoms with Crippen LogP contribution in [0.2, 0.25) is 0 Å². The van der Waals surface area contributed by atoms with Gasteiger partial charge in [-0.2, -0.15) is 0 Å². The van der Waals surface area contributed by atoms with Gasteiger partial charge in [-0.3, -0.25) is 14.6 Å². The summed E-state index contributed by atoms with van der Waals surface area (Å²) < 4.78 is 16.4. The Balaban J connectivity index is 1.60. The number of amides is 2. The molecule has 2 amide bonds. The number of halogens is 2. The molecular formula is C24H27ClFN5O2. The summed E-state index contributed by atoms with van der Waals surface area (Å²) in [4.78, 5) is 27.2. The van der Waals surface area contributed by atoms with Crippen LogP contribution in [-0.2, 0) is 11.3 Å². The molecule has 2 heterocycles. The standard InChI is InChI=1S/C24H27ClFN5O2/c1-24(2,3)23(33)27-12-16-10-9-15(11-18(16)26)22(32)30-13-17-14-31(25)29(4)21(17)28-19-7-5-6-8-20(19)30/h5-11,28H,12-14H2,1-4H3,(H,27,33). The normalized spacial score (nSPS) is 16.2. The van der Waals surface area contributed by atoms with Gasteiger partial charge in [0.2, 0.25) is 5.91 Å². The molecule has 33 heavy (non-hydrogen) atoms. The van der Waals surface area contributed by atoms with Gasteiger partial charge in [-0.05, 0) is 24.3 Å². The molecule has 2 aromatic carbocycles. The first-order valence-electron chi connectivity index (χ1n) is 10.7. The van der Waals surface area contributed by atoms with Crippen LogP contribution in [0.25, 0.3) is 0 Å². The van der Waals surface area contributed by atoms with Crippen molar-refractivity contribution in [2.24, 2.45) is 5.41 Å². The van der Waals surface area contributed by atoms with Gasteiger partial charge in [0.25, 0.3) is 5.91 Å². The maximum Gasteiger partial charge on any atom is 0.258 e. The van der Waals surface area contributed by atoms with Crippen LogP contribution in [0.4, 0.5) is 15.8 Å². The Kier molecular flexibility index (Phi) is 6.07. The Bertz CT molecular complexity index is 1140. The van der Waals surface area contributed by atoms with E-state index in [9.17, 15) is 14.0 Å². The molecule has 0 saturated carbocycles. The molecule has 0 saturated heterocycles. The molecule has 4 rings (SSSR count). The molecule has 2 N–H and O–H groups in total. The number of carbonyl (C=O) groups excluding carboxylic acids is 2. The van der Waals surface area contributed by atoms with E-state index in [1.165, 1.54) is 10.6 Å². The second kappa shape index (κ2) is 8.68. The summed E-state index contributed by atoms with van der Waals surface area (Å²) in [6.45, 7) is 6.21. The van der Waals surface area contributed by atoms with Crippen molar-refractivity contribution in [3.63, 3.8) is 0 Å². The largest absolute Gasteiger partial charge is 0.351 e. The van der Waals surface area contributed by atoms with Crippen LogP contribution in [0.15, 0.2) is 53.9 Å². The predicted molar refractivity (Wildman–Crippen MR) is 127 cm³/mol. The number of anilines is 2. The molecule has 0 atom stereocenters. The lowest BCUT2D eigenvalue weighted by atomic mass is 9.95. The molecule has 2 aliphatic rings. The van der Waals surface area contributed by atoms with Crippen molar-refractivity contribution in [2.45, 2.75) is 27.3 Å². The third-order valence-corrected chi connectivity index (χ3v) is 6.11. The van der Waals surface area contributed by atoms with Gasteiger partial charge < -0.3 is 15.5 Å². The van der Waals surface area contributed by atoms with Gasteiger partial charge in [0.05, 0.1) is 24.5 Å². The molecule has 0 aliphatic carbocycles. The number of nitrogens with zero attached hydrogens (tertiary/aromatic N) is 3. The highest BCUT2D eigenvalue weighted by atomic mass is 35.5. The van der Waals surface area contributed by atoms with Crippen LogP contribution >= 0.6 is 11.8 Å². The first-order valence-corrected chi connectivity index (χ1v) is 11.0. The molecule has 0 aromatic heterocycles. The maximum atomic E-state index is 14.8. The minimum atomic E-state index is -0.568. The van der Waals surface area contributed by atoms with Gasteiger partial charge in [-0.1, -0.05) is 39.0 Å². The average Bonchev–Trinajstić information content (AvgIpc) is 2.93. The summed E-state index contributed by atoms with van der Waals surface area (Å²) in [7, 11) is 1.84. The van der Waals surface area contributed by atoms with E-state index < -0.39 is 11.2 Å². The van der Waals surface area contributed by atoms with Crippen LogP contribution in [0.3, 0.4) is 0 Å². The molecule has 0 unspecified atom stereocenters. The minimum Gasteiger partial charge on any atom is -0.351 e. The van der Waals surface area contributed by atoms with E-state index in [0.29, 0.717) is 24.3 Å².